The highest BCUT2D eigenvalue weighted by Gasteiger charge is 2.11. The van der Waals surface area contributed by atoms with E-state index in [9.17, 15) is 8.78 Å². The van der Waals surface area contributed by atoms with Gasteiger partial charge in [0.2, 0.25) is 11.7 Å². The molecule has 0 radical (unpaired) electrons. The molecule has 0 saturated carbocycles. The van der Waals surface area contributed by atoms with E-state index in [1.807, 2.05) is 6.07 Å². The number of aromatic nitrogens is 1. The van der Waals surface area contributed by atoms with Gasteiger partial charge in [0.05, 0.1) is 0 Å². The predicted octanol–water partition coefficient (Wildman–Crippen LogP) is 4.36. The van der Waals surface area contributed by atoms with Crippen LogP contribution in [0.2, 0.25) is 0 Å². The molecule has 0 N–H and O–H groups in total. The minimum atomic E-state index is -1.01. The van der Waals surface area contributed by atoms with Crippen LogP contribution in [0.25, 0.3) is 0 Å². The van der Waals surface area contributed by atoms with Crippen LogP contribution in [0, 0.1) is 18.6 Å². The first kappa shape index (κ1) is 13.0. The fourth-order valence-corrected chi connectivity index (χ4v) is 1.77. The van der Waals surface area contributed by atoms with Gasteiger partial charge in [0, 0.05) is 17.1 Å². The van der Waals surface area contributed by atoms with Gasteiger partial charge < -0.3 is 4.74 Å². The lowest BCUT2D eigenvalue weighted by Gasteiger charge is -2.09. The third-order valence-corrected chi connectivity index (χ3v) is 3.01. The summed E-state index contributed by atoms with van der Waals surface area (Å²) in [5.74, 6) is -1.85. The van der Waals surface area contributed by atoms with Crippen LogP contribution in [0.3, 0.4) is 0 Å². The second kappa shape index (κ2) is 5.44. The van der Waals surface area contributed by atoms with Gasteiger partial charge in [-0.3, -0.25) is 0 Å². The van der Waals surface area contributed by atoms with Crippen LogP contribution in [0.15, 0.2) is 30.5 Å². The van der Waals surface area contributed by atoms with Gasteiger partial charge in [0.15, 0.2) is 11.6 Å². The molecule has 0 amide bonds. The Hall–Kier alpha value is -1.49. The van der Waals surface area contributed by atoms with Gasteiger partial charge in [-0.15, -0.1) is 0 Å². The van der Waals surface area contributed by atoms with Crippen LogP contribution in [-0.4, -0.2) is 4.98 Å². The van der Waals surface area contributed by atoms with E-state index in [0.717, 1.165) is 17.2 Å². The van der Waals surface area contributed by atoms with E-state index in [1.54, 1.807) is 13.1 Å². The van der Waals surface area contributed by atoms with Crippen molar-refractivity contribution in [1.82, 2.24) is 4.98 Å². The summed E-state index contributed by atoms with van der Waals surface area (Å²) in [5.41, 5.74) is 1.75. The molecule has 2 nitrogen and oxygen atoms in total. The second-order valence-electron chi connectivity index (χ2n) is 3.75. The highest BCUT2D eigenvalue weighted by Crippen LogP contribution is 2.27. The van der Waals surface area contributed by atoms with E-state index in [4.69, 9.17) is 4.74 Å². The Morgan fingerprint density at radius 3 is 2.78 bits per heavy atom. The fourth-order valence-electron chi connectivity index (χ4n) is 1.47. The van der Waals surface area contributed by atoms with Gasteiger partial charge in [0.1, 0.15) is 0 Å². The Morgan fingerprint density at radius 2 is 2.11 bits per heavy atom. The molecule has 0 aliphatic rings. The van der Waals surface area contributed by atoms with Crippen LogP contribution < -0.4 is 4.74 Å². The third kappa shape index (κ3) is 2.67. The number of alkyl halides is 1. The molecule has 0 bridgehead atoms. The summed E-state index contributed by atoms with van der Waals surface area (Å²) in [6, 6.07) is 5.65. The predicted molar refractivity (Wildman–Crippen MR) is 68.0 cm³/mol. The molecule has 18 heavy (non-hydrogen) atoms. The molecule has 0 saturated heterocycles. The summed E-state index contributed by atoms with van der Waals surface area (Å²) in [7, 11) is 0. The number of halogens is 3. The van der Waals surface area contributed by atoms with Gasteiger partial charge in [0.25, 0.3) is 0 Å². The smallest absolute Gasteiger partial charge is 0.222 e. The second-order valence-corrected chi connectivity index (χ2v) is 4.31. The molecule has 94 valence electrons. The monoisotopic (exact) mass is 313 g/mol. The van der Waals surface area contributed by atoms with E-state index >= 15 is 0 Å². The Kier molecular flexibility index (Phi) is 3.91. The molecule has 0 atom stereocenters. The van der Waals surface area contributed by atoms with E-state index in [0.29, 0.717) is 5.33 Å². The quantitative estimate of drug-likeness (QED) is 0.786. The van der Waals surface area contributed by atoms with Crippen molar-refractivity contribution in [2.75, 3.05) is 0 Å². The van der Waals surface area contributed by atoms with E-state index in [1.165, 1.54) is 12.1 Å². The summed E-state index contributed by atoms with van der Waals surface area (Å²) in [5, 5.41) is 0.676. The van der Waals surface area contributed by atoms with E-state index < -0.39 is 11.6 Å². The maximum absolute atomic E-state index is 13.4. The van der Waals surface area contributed by atoms with Crippen LogP contribution >= 0.6 is 15.9 Å². The summed E-state index contributed by atoms with van der Waals surface area (Å²) >= 11 is 3.31. The Balaban J connectivity index is 2.31. The van der Waals surface area contributed by atoms with Gasteiger partial charge in [-0.25, -0.2) is 9.37 Å². The summed E-state index contributed by atoms with van der Waals surface area (Å²) < 4.78 is 31.7. The van der Waals surface area contributed by atoms with Crippen LogP contribution in [0.5, 0.6) is 11.6 Å². The van der Waals surface area contributed by atoms with Crippen molar-refractivity contribution in [2.45, 2.75) is 12.3 Å². The average molecular weight is 314 g/mol. The lowest BCUT2D eigenvalue weighted by molar-refractivity contribution is 0.403. The molecular formula is C13H10BrF2NO. The minimum absolute atomic E-state index is 0.169. The zero-order chi connectivity index (χ0) is 13.1. The Morgan fingerprint density at radius 1 is 1.33 bits per heavy atom. The summed E-state index contributed by atoms with van der Waals surface area (Å²) in [6.45, 7) is 1.80. The first-order valence-corrected chi connectivity index (χ1v) is 6.37. The molecule has 0 fully saturated rings. The van der Waals surface area contributed by atoms with E-state index in [2.05, 4.69) is 20.9 Å². The average Bonchev–Trinajstić information content (AvgIpc) is 2.37. The summed E-state index contributed by atoms with van der Waals surface area (Å²) in [4.78, 5) is 4.07. The standard InChI is InChI=1S/C13H10BrF2NO/c1-8-5-9(6-14)7-17-13(8)18-11-4-2-3-10(15)12(11)16/h2-5,7H,6H2,1H3. The fraction of sp³-hybridized carbons (Fsp3) is 0.154. The van der Waals surface area contributed by atoms with Gasteiger partial charge >= 0.3 is 0 Å². The maximum Gasteiger partial charge on any atom is 0.222 e. The minimum Gasteiger partial charge on any atom is -0.436 e. The Labute approximate surface area is 112 Å². The molecule has 0 spiro atoms. The van der Waals surface area contributed by atoms with Crippen molar-refractivity contribution in [1.29, 1.82) is 0 Å². The number of hydrogen-bond acceptors (Lipinski definition) is 2. The Bertz CT molecular complexity index is 575. The number of benzene rings is 1. The lowest BCUT2D eigenvalue weighted by atomic mass is 10.2. The molecule has 1 aromatic carbocycles. The van der Waals surface area contributed by atoms with Crippen molar-refractivity contribution in [3.05, 3.63) is 53.2 Å². The largest absolute Gasteiger partial charge is 0.436 e. The molecule has 2 aromatic rings. The first-order valence-electron chi connectivity index (χ1n) is 5.25. The molecule has 1 heterocycles. The van der Waals surface area contributed by atoms with Crippen molar-refractivity contribution < 1.29 is 13.5 Å². The summed E-state index contributed by atoms with van der Waals surface area (Å²) in [6.07, 6.45) is 1.62. The maximum atomic E-state index is 13.4. The van der Waals surface area contributed by atoms with Crippen LogP contribution in [0.1, 0.15) is 11.1 Å². The number of pyridine rings is 1. The van der Waals surface area contributed by atoms with Crippen molar-refractivity contribution in [3.63, 3.8) is 0 Å². The lowest BCUT2D eigenvalue weighted by Crippen LogP contribution is -1.96. The van der Waals surface area contributed by atoms with Crippen molar-refractivity contribution in [2.24, 2.45) is 0 Å². The van der Waals surface area contributed by atoms with Gasteiger partial charge in [-0.05, 0) is 30.7 Å². The molecule has 0 aliphatic carbocycles. The molecule has 5 heteroatoms. The number of aryl methyl sites for hydroxylation is 1. The SMILES string of the molecule is Cc1cc(CBr)cnc1Oc1cccc(F)c1F. The number of hydrogen-bond donors (Lipinski definition) is 0. The zero-order valence-electron chi connectivity index (χ0n) is 9.58. The molecule has 1 aromatic heterocycles. The highest BCUT2D eigenvalue weighted by molar-refractivity contribution is 9.08. The number of rotatable bonds is 3. The van der Waals surface area contributed by atoms with Gasteiger partial charge in [-0.1, -0.05) is 22.0 Å². The normalized spacial score (nSPS) is 10.4. The third-order valence-electron chi connectivity index (χ3n) is 2.36. The highest BCUT2D eigenvalue weighted by atomic mass is 79.9. The first-order chi connectivity index (χ1) is 8.61. The van der Waals surface area contributed by atoms with E-state index in [-0.39, 0.29) is 11.6 Å². The molecule has 2 rings (SSSR count). The molecule has 0 aliphatic heterocycles. The van der Waals surface area contributed by atoms with Crippen LogP contribution in [0.4, 0.5) is 8.78 Å². The van der Waals surface area contributed by atoms with Crippen LogP contribution in [-0.2, 0) is 5.33 Å². The number of ether oxygens (including phenoxy) is 1. The van der Waals surface area contributed by atoms with Gasteiger partial charge in [-0.2, -0.15) is 4.39 Å². The zero-order valence-corrected chi connectivity index (χ0v) is 11.2. The molecular weight excluding hydrogens is 304 g/mol. The van der Waals surface area contributed by atoms with Crippen molar-refractivity contribution in [3.8, 4) is 11.6 Å². The topological polar surface area (TPSA) is 22.1 Å². The van der Waals surface area contributed by atoms with Crippen molar-refractivity contribution >= 4 is 15.9 Å². The number of nitrogens with zero attached hydrogens (tertiary/aromatic N) is 1. The molecule has 0 unspecified atom stereocenters.